The number of benzene rings is 1. The number of halogens is 1. The Labute approximate surface area is 154 Å². The molecule has 0 unspecified atom stereocenters. The maximum Gasteiger partial charge on any atom is 0.262 e. The van der Waals surface area contributed by atoms with Crippen molar-refractivity contribution in [1.82, 2.24) is 4.98 Å². The van der Waals surface area contributed by atoms with Crippen LogP contribution in [0.2, 0.25) is 0 Å². The van der Waals surface area contributed by atoms with E-state index in [2.05, 4.69) is 14.6 Å². The van der Waals surface area contributed by atoms with E-state index in [4.69, 9.17) is 0 Å². The molecule has 1 saturated carbocycles. The van der Waals surface area contributed by atoms with Crippen LogP contribution in [0.5, 0.6) is 0 Å². The molecule has 140 valence electrons. The predicted octanol–water partition coefficient (Wildman–Crippen LogP) is 4.10. The van der Waals surface area contributed by atoms with Crippen LogP contribution >= 0.6 is 0 Å². The summed E-state index contributed by atoms with van der Waals surface area (Å²) >= 11 is 0. The van der Waals surface area contributed by atoms with Crippen molar-refractivity contribution < 1.29 is 12.8 Å². The fraction of sp³-hybridized carbons (Fsp3) is 0.421. The van der Waals surface area contributed by atoms with Gasteiger partial charge in [-0.1, -0.05) is 19.3 Å². The maximum absolute atomic E-state index is 13.2. The van der Waals surface area contributed by atoms with Gasteiger partial charge in [0.1, 0.15) is 11.6 Å². The van der Waals surface area contributed by atoms with Crippen LogP contribution in [-0.2, 0) is 10.0 Å². The zero-order valence-corrected chi connectivity index (χ0v) is 15.9. The Bertz CT molecular complexity index is 863. The quantitative estimate of drug-likeness (QED) is 0.852. The van der Waals surface area contributed by atoms with Gasteiger partial charge in [-0.15, -0.1) is 0 Å². The molecule has 1 N–H and O–H groups in total. The zero-order valence-electron chi connectivity index (χ0n) is 15.1. The van der Waals surface area contributed by atoms with Gasteiger partial charge in [0.15, 0.2) is 0 Å². The molecule has 7 heteroatoms. The molecular weight excluding hydrogens is 353 g/mol. The Balaban J connectivity index is 1.74. The lowest BCUT2D eigenvalue weighted by Crippen LogP contribution is -2.33. The molecule has 1 fully saturated rings. The molecule has 1 aliphatic rings. The van der Waals surface area contributed by atoms with E-state index >= 15 is 0 Å². The molecule has 1 heterocycles. The molecule has 1 aliphatic carbocycles. The molecule has 26 heavy (non-hydrogen) atoms. The minimum Gasteiger partial charge on any atom is -0.357 e. The van der Waals surface area contributed by atoms with Crippen molar-refractivity contribution in [3.05, 3.63) is 47.9 Å². The molecule has 1 aromatic carbocycles. The van der Waals surface area contributed by atoms with Gasteiger partial charge < -0.3 is 4.90 Å². The third-order valence-corrected chi connectivity index (χ3v) is 6.45. The highest BCUT2D eigenvalue weighted by Crippen LogP contribution is 2.26. The molecule has 0 radical (unpaired) electrons. The van der Waals surface area contributed by atoms with Gasteiger partial charge >= 0.3 is 0 Å². The van der Waals surface area contributed by atoms with Gasteiger partial charge in [0.25, 0.3) is 10.0 Å². The van der Waals surface area contributed by atoms with E-state index in [0.717, 1.165) is 24.7 Å². The lowest BCUT2D eigenvalue weighted by atomic mass is 9.94. The predicted molar refractivity (Wildman–Crippen MR) is 101 cm³/mol. The van der Waals surface area contributed by atoms with Crippen molar-refractivity contribution in [3.8, 4) is 0 Å². The third-order valence-electron chi connectivity index (χ3n) is 4.91. The van der Waals surface area contributed by atoms with Crippen molar-refractivity contribution in [2.75, 3.05) is 16.7 Å². The van der Waals surface area contributed by atoms with E-state index in [0.29, 0.717) is 17.3 Å². The highest BCUT2D eigenvalue weighted by Gasteiger charge is 2.20. The van der Waals surface area contributed by atoms with E-state index in [9.17, 15) is 12.8 Å². The zero-order chi connectivity index (χ0) is 18.7. The first-order valence-corrected chi connectivity index (χ1v) is 10.3. The van der Waals surface area contributed by atoms with Gasteiger partial charge in [-0.25, -0.2) is 17.8 Å². The molecule has 0 bridgehead atoms. The summed E-state index contributed by atoms with van der Waals surface area (Å²) in [6.45, 7) is 1.57. The molecule has 2 aromatic rings. The van der Waals surface area contributed by atoms with Crippen LogP contribution in [0.15, 0.2) is 41.4 Å². The standard InChI is InChI=1S/C19H24FN3O2S/c1-14-12-15(20)8-10-18(14)26(24,25)22-16-9-11-19(21-13-16)23(2)17-6-4-3-5-7-17/h8-13,17,22H,3-7H2,1-2H3. The second kappa shape index (κ2) is 7.61. The minimum absolute atomic E-state index is 0.0577. The SMILES string of the molecule is Cc1cc(F)ccc1S(=O)(=O)Nc1ccc(N(C)C2CCCCC2)nc1. The Morgan fingerprint density at radius 2 is 1.88 bits per heavy atom. The van der Waals surface area contributed by atoms with Crippen LogP contribution in [0.3, 0.4) is 0 Å². The molecular formula is C19H24FN3O2S. The number of nitrogens with one attached hydrogen (secondary N) is 1. The van der Waals surface area contributed by atoms with Crippen LogP contribution in [0.1, 0.15) is 37.7 Å². The number of aromatic nitrogens is 1. The number of nitrogens with zero attached hydrogens (tertiary/aromatic N) is 2. The fourth-order valence-corrected chi connectivity index (χ4v) is 4.71. The van der Waals surface area contributed by atoms with Gasteiger partial charge in [-0.3, -0.25) is 4.72 Å². The van der Waals surface area contributed by atoms with Crippen LogP contribution in [0, 0.1) is 12.7 Å². The summed E-state index contributed by atoms with van der Waals surface area (Å²) in [5, 5.41) is 0. The number of pyridine rings is 1. The molecule has 5 nitrogen and oxygen atoms in total. The summed E-state index contributed by atoms with van der Waals surface area (Å²) in [5.74, 6) is 0.371. The van der Waals surface area contributed by atoms with Crippen LogP contribution < -0.4 is 9.62 Å². The van der Waals surface area contributed by atoms with Crippen LogP contribution in [0.4, 0.5) is 15.9 Å². The molecule has 1 aromatic heterocycles. The summed E-state index contributed by atoms with van der Waals surface area (Å²) in [6, 6.07) is 7.63. The number of rotatable bonds is 5. The topological polar surface area (TPSA) is 62.3 Å². The van der Waals surface area contributed by atoms with E-state index < -0.39 is 15.8 Å². The van der Waals surface area contributed by atoms with Crippen molar-refractivity contribution in [1.29, 1.82) is 0 Å². The van der Waals surface area contributed by atoms with E-state index in [1.54, 1.807) is 13.0 Å². The first-order valence-electron chi connectivity index (χ1n) is 8.85. The first kappa shape index (κ1) is 18.6. The summed E-state index contributed by atoms with van der Waals surface area (Å²) in [7, 11) is -1.75. The van der Waals surface area contributed by atoms with Crippen molar-refractivity contribution in [3.63, 3.8) is 0 Å². The van der Waals surface area contributed by atoms with Crippen molar-refractivity contribution >= 4 is 21.5 Å². The third kappa shape index (κ3) is 4.15. The molecule has 0 spiro atoms. The highest BCUT2D eigenvalue weighted by molar-refractivity contribution is 7.92. The van der Waals surface area contributed by atoms with Gasteiger partial charge in [0.05, 0.1) is 16.8 Å². The number of aryl methyl sites for hydroxylation is 1. The molecule has 0 aliphatic heterocycles. The van der Waals surface area contributed by atoms with Crippen molar-refractivity contribution in [2.45, 2.75) is 50.0 Å². The molecule has 0 atom stereocenters. The van der Waals surface area contributed by atoms with E-state index in [1.807, 2.05) is 13.1 Å². The first-order chi connectivity index (χ1) is 12.4. The second-order valence-corrected chi connectivity index (χ2v) is 8.47. The summed E-state index contributed by atoms with van der Waals surface area (Å²) in [6.07, 6.45) is 7.62. The largest absolute Gasteiger partial charge is 0.357 e. The normalized spacial score (nSPS) is 15.7. The van der Waals surface area contributed by atoms with E-state index in [1.165, 1.54) is 37.6 Å². The van der Waals surface area contributed by atoms with Crippen molar-refractivity contribution in [2.24, 2.45) is 0 Å². The molecule has 3 rings (SSSR count). The summed E-state index contributed by atoms with van der Waals surface area (Å²) < 4.78 is 40.8. The average Bonchev–Trinajstić information content (AvgIpc) is 2.62. The number of sulfonamides is 1. The second-order valence-electron chi connectivity index (χ2n) is 6.82. The number of hydrogen-bond donors (Lipinski definition) is 1. The summed E-state index contributed by atoms with van der Waals surface area (Å²) in [4.78, 5) is 6.63. The van der Waals surface area contributed by atoms with Crippen LogP contribution in [0.25, 0.3) is 0 Å². The average molecular weight is 377 g/mol. The molecule has 0 saturated heterocycles. The van der Waals surface area contributed by atoms with Gasteiger partial charge in [-0.05, 0) is 55.7 Å². The lowest BCUT2D eigenvalue weighted by Gasteiger charge is -2.32. The summed E-state index contributed by atoms with van der Waals surface area (Å²) in [5.41, 5.74) is 0.744. The minimum atomic E-state index is -3.78. The molecule has 0 amide bonds. The van der Waals surface area contributed by atoms with Gasteiger partial charge in [0, 0.05) is 13.1 Å². The maximum atomic E-state index is 13.2. The van der Waals surface area contributed by atoms with Gasteiger partial charge in [0.2, 0.25) is 0 Å². The Kier molecular flexibility index (Phi) is 5.46. The number of anilines is 2. The number of hydrogen-bond acceptors (Lipinski definition) is 4. The highest BCUT2D eigenvalue weighted by atomic mass is 32.2. The van der Waals surface area contributed by atoms with Crippen LogP contribution in [-0.4, -0.2) is 26.5 Å². The lowest BCUT2D eigenvalue weighted by molar-refractivity contribution is 0.426. The fourth-order valence-electron chi connectivity index (χ4n) is 3.43. The van der Waals surface area contributed by atoms with E-state index in [-0.39, 0.29) is 4.90 Å². The monoisotopic (exact) mass is 377 g/mol. The Hall–Kier alpha value is -2.15. The Morgan fingerprint density at radius 3 is 2.50 bits per heavy atom. The smallest absolute Gasteiger partial charge is 0.262 e. The van der Waals surface area contributed by atoms with Gasteiger partial charge in [-0.2, -0.15) is 0 Å². The Morgan fingerprint density at radius 1 is 1.15 bits per heavy atom.